The van der Waals surface area contributed by atoms with Crippen LogP contribution in [0.15, 0.2) is 42.5 Å². The van der Waals surface area contributed by atoms with E-state index in [0.717, 1.165) is 0 Å². The molecular weight excluding hydrogens is 285 g/mol. The summed E-state index contributed by atoms with van der Waals surface area (Å²) in [6, 6.07) is 11.5. The molecule has 0 saturated carbocycles. The number of carbonyl (C=O) groups is 1. The van der Waals surface area contributed by atoms with Gasteiger partial charge < -0.3 is 14.8 Å². The standard InChI is InChI=1S/C17H18FNO3/c1-21-13-7-8-16(22-2)14(11-13)17(20)19-10-9-12-5-3-4-6-15(12)18/h3-8,11H,9-10H2,1-2H3,(H,19,20). The van der Waals surface area contributed by atoms with Gasteiger partial charge in [-0.05, 0) is 36.2 Å². The normalized spacial score (nSPS) is 10.1. The Morgan fingerprint density at radius 2 is 1.91 bits per heavy atom. The van der Waals surface area contributed by atoms with Crippen LogP contribution in [0.5, 0.6) is 11.5 Å². The van der Waals surface area contributed by atoms with Crippen LogP contribution in [-0.4, -0.2) is 26.7 Å². The predicted octanol–water partition coefficient (Wildman–Crippen LogP) is 2.82. The Bertz CT molecular complexity index is 658. The number of halogens is 1. The Labute approximate surface area is 128 Å². The van der Waals surface area contributed by atoms with Crippen molar-refractivity contribution in [1.82, 2.24) is 5.32 Å². The molecule has 0 spiro atoms. The van der Waals surface area contributed by atoms with Crippen molar-refractivity contribution in [2.75, 3.05) is 20.8 Å². The first kappa shape index (κ1) is 15.8. The summed E-state index contributed by atoms with van der Waals surface area (Å²) in [4.78, 5) is 12.2. The maximum absolute atomic E-state index is 13.5. The maximum Gasteiger partial charge on any atom is 0.255 e. The largest absolute Gasteiger partial charge is 0.497 e. The van der Waals surface area contributed by atoms with Gasteiger partial charge in [0.15, 0.2) is 0 Å². The van der Waals surface area contributed by atoms with E-state index in [1.54, 1.807) is 36.4 Å². The van der Waals surface area contributed by atoms with Gasteiger partial charge in [-0.15, -0.1) is 0 Å². The topological polar surface area (TPSA) is 47.6 Å². The van der Waals surface area contributed by atoms with E-state index in [1.807, 2.05) is 0 Å². The minimum atomic E-state index is -0.285. The van der Waals surface area contributed by atoms with Crippen LogP contribution in [0.4, 0.5) is 4.39 Å². The summed E-state index contributed by atoms with van der Waals surface area (Å²) in [5.74, 6) is 0.479. The van der Waals surface area contributed by atoms with Crippen LogP contribution in [0, 0.1) is 5.82 Å². The van der Waals surface area contributed by atoms with Crippen molar-refractivity contribution < 1.29 is 18.7 Å². The highest BCUT2D eigenvalue weighted by molar-refractivity contribution is 5.97. The molecule has 2 aromatic carbocycles. The summed E-state index contributed by atoms with van der Waals surface area (Å²) >= 11 is 0. The van der Waals surface area contributed by atoms with Crippen LogP contribution in [0.25, 0.3) is 0 Å². The number of benzene rings is 2. The minimum Gasteiger partial charge on any atom is -0.497 e. The van der Waals surface area contributed by atoms with Gasteiger partial charge in [0.1, 0.15) is 17.3 Å². The van der Waals surface area contributed by atoms with E-state index in [1.165, 1.54) is 20.3 Å². The van der Waals surface area contributed by atoms with E-state index >= 15 is 0 Å². The lowest BCUT2D eigenvalue weighted by atomic mass is 10.1. The van der Waals surface area contributed by atoms with Gasteiger partial charge in [-0.25, -0.2) is 4.39 Å². The van der Waals surface area contributed by atoms with Crippen molar-refractivity contribution >= 4 is 5.91 Å². The Hall–Kier alpha value is -2.56. The predicted molar refractivity (Wildman–Crippen MR) is 82.0 cm³/mol. The van der Waals surface area contributed by atoms with Crippen LogP contribution >= 0.6 is 0 Å². The summed E-state index contributed by atoms with van der Waals surface area (Å²) in [6.45, 7) is 0.333. The van der Waals surface area contributed by atoms with Gasteiger partial charge in [0.2, 0.25) is 0 Å². The second-order valence-electron chi connectivity index (χ2n) is 4.66. The number of ether oxygens (including phenoxy) is 2. The number of hydrogen-bond acceptors (Lipinski definition) is 3. The molecule has 0 atom stereocenters. The highest BCUT2D eigenvalue weighted by Gasteiger charge is 2.13. The van der Waals surface area contributed by atoms with Crippen molar-refractivity contribution in [1.29, 1.82) is 0 Å². The molecule has 116 valence electrons. The molecule has 0 bridgehead atoms. The summed E-state index contributed by atoms with van der Waals surface area (Å²) in [6.07, 6.45) is 0.421. The fraction of sp³-hybridized carbons (Fsp3) is 0.235. The summed E-state index contributed by atoms with van der Waals surface area (Å²) in [5.41, 5.74) is 0.954. The Morgan fingerprint density at radius 1 is 1.14 bits per heavy atom. The smallest absolute Gasteiger partial charge is 0.255 e. The van der Waals surface area contributed by atoms with Crippen LogP contribution in [0.1, 0.15) is 15.9 Å². The molecule has 0 radical (unpaired) electrons. The Morgan fingerprint density at radius 3 is 2.59 bits per heavy atom. The number of carbonyl (C=O) groups excluding carboxylic acids is 1. The Balaban J connectivity index is 2.02. The molecule has 1 N–H and O–H groups in total. The molecule has 4 nitrogen and oxygen atoms in total. The van der Waals surface area contributed by atoms with Crippen molar-refractivity contribution in [2.45, 2.75) is 6.42 Å². The molecule has 5 heteroatoms. The minimum absolute atomic E-state index is 0.268. The van der Waals surface area contributed by atoms with E-state index in [0.29, 0.717) is 35.6 Å². The van der Waals surface area contributed by atoms with E-state index in [9.17, 15) is 9.18 Å². The summed E-state index contributed by atoms with van der Waals surface area (Å²) < 4.78 is 23.8. The molecule has 0 saturated heterocycles. The lowest BCUT2D eigenvalue weighted by Gasteiger charge is -2.11. The van der Waals surface area contributed by atoms with Crippen LogP contribution in [0.2, 0.25) is 0 Å². The molecule has 22 heavy (non-hydrogen) atoms. The van der Waals surface area contributed by atoms with Gasteiger partial charge in [-0.1, -0.05) is 18.2 Å². The van der Waals surface area contributed by atoms with Gasteiger partial charge in [0.25, 0.3) is 5.91 Å². The zero-order valence-corrected chi connectivity index (χ0v) is 12.6. The zero-order valence-electron chi connectivity index (χ0n) is 12.6. The number of amides is 1. The average molecular weight is 303 g/mol. The van der Waals surface area contributed by atoms with Gasteiger partial charge in [-0.3, -0.25) is 4.79 Å². The molecule has 0 fully saturated rings. The van der Waals surface area contributed by atoms with Crippen LogP contribution < -0.4 is 14.8 Å². The van der Waals surface area contributed by atoms with E-state index in [-0.39, 0.29) is 11.7 Å². The molecule has 0 unspecified atom stereocenters. The van der Waals surface area contributed by atoms with E-state index in [2.05, 4.69) is 5.32 Å². The molecule has 0 aromatic heterocycles. The molecule has 0 heterocycles. The number of hydrogen-bond donors (Lipinski definition) is 1. The van der Waals surface area contributed by atoms with E-state index in [4.69, 9.17) is 9.47 Å². The lowest BCUT2D eigenvalue weighted by molar-refractivity contribution is 0.0950. The Kier molecular flexibility index (Phi) is 5.36. The van der Waals surface area contributed by atoms with Crippen LogP contribution in [-0.2, 0) is 6.42 Å². The third-order valence-corrected chi connectivity index (χ3v) is 3.29. The second kappa shape index (κ2) is 7.45. The molecule has 2 rings (SSSR count). The quantitative estimate of drug-likeness (QED) is 0.892. The monoisotopic (exact) mass is 303 g/mol. The fourth-order valence-electron chi connectivity index (χ4n) is 2.10. The van der Waals surface area contributed by atoms with Gasteiger partial charge >= 0.3 is 0 Å². The van der Waals surface area contributed by atoms with Crippen LogP contribution in [0.3, 0.4) is 0 Å². The van der Waals surface area contributed by atoms with Gasteiger partial charge in [0.05, 0.1) is 19.8 Å². The summed E-state index contributed by atoms with van der Waals surface area (Å²) in [7, 11) is 3.03. The second-order valence-corrected chi connectivity index (χ2v) is 4.66. The highest BCUT2D eigenvalue weighted by Crippen LogP contribution is 2.23. The lowest BCUT2D eigenvalue weighted by Crippen LogP contribution is -2.26. The molecular formula is C17H18FNO3. The van der Waals surface area contributed by atoms with Crippen molar-refractivity contribution in [2.24, 2.45) is 0 Å². The molecule has 2 aromatic rings. The van der Waals surface area contributed by atoms with Gasteiger partial charge in [0, 0.05) is 6.54 Å². The van der Waals surface area contributed by atoms with Crippen molar-refractivity contribution in [3.05, 3.63) is 59.4 Å². The number of nitrogens with one attached hydrogen (secondary N) is 1. The van der Waals surface area contributed by atoms with E-state index < -0.39 is 0 Å². The highest BCUT2D eigenvalue weighted by atomic mass is 19.1. The van der Waals surface area contributed by atoms with Crippen molar-refractivity contribution in [3.63, 3.8) is 0 Å². The molecule has 0 aliphatic carbocycles. The first-order valence-corrected chi connectivity index (χ1v) is 6.89. The first-order valence-electron chi connectivity index (χ1n) is 6.89. The number of rotatable bonds is 6. The summed E-state index contributed by atoms with van der Waals surface area (Å²) in [5, 5.41) is 2.76. The molecule has 1 amide bonds. The molecule has 0 aliphatic heterocycles. The zero-order chi connectivity index (χ0) is 15.9. The first-order chi connectivity index (χ1) is 10.7. The maximum atomic E-state index is 13.5. The number of methoxy groups -OCH3 is 2. The van der Waals surface area contributed by atoms with Gasteiger partial charge in [-0.2, -0.15) is 0 Å². The SMILES string of the molecule is COc1ccc(OC)c(C(=O)NCCc2ccccc2F)c1. The third kappa shape index (κ3) is 3.75. The van der Waals surface area contributed by atoms with Crippen molar-refractivity contribution in [3.8, 4) is 11.5 Å². The third-order valence-electron chi connectivity index (χ3n) is 3.29. The average Bonchev–Trinajstić information content (AvgIpc) is 2.55. The fourth-order valence-corrected chi connectivity index (χ4v) is 2.10. The molecule has 0 aliphatic rings.